The van der Waals surface area contributed by atoms with E-state index in [0.717, 1.165) is 12.8 Å². The summed E-state index contributed by atoms with van der Waals surface area (Å²) in [5, 5.41) is 0.581. The summed E-state index contributed by atoms with van der Waals surface area (Å²) in [6.07, 6.45) is 13.7. The summed E-state index contributed by atoms with van der Waals surface area (Å²) in [7, 11) is 1.48. The van der Waals surface area contributed by atoms with Gasteiger partial charge in [-0.25, -0.2) is 0 Å². The first-order valence-corrected chi connectivity index (χ1v) is 8.58. The Balaban J connectivity index is 1.79. The van der Waals surface area contributed by atoms with E-state index in [0.29, 0.717) is 33.5 Å². The van der Waals surface area contributed by atoms with Crippen LogP contribution in [-0.2, 0) is 4.74 Å². The first kappa shape index (κ1) is 17.6. The maximum Gasteiger partial charge on any atom is 0.262 e. The van der Waals surface area contributed by atoms with Gasteiger partial charge in [0.05, 0.1) is 23.4 Å². The number of methoxy groups -OCH3 is 1. The molecule has 0 saturated heterocycles. The lowest BCUT2D eigenvalue weighted by Crippen LogP contribution is -2.23. The number of benzene rings is 1. The van der Waals surface area contributed by atoms with E-state index in [-0.39, 0.29) is 5.91 Å². The van der Waals surface area contributed by atoms with Crippen molar-refractivity contribution in [1.29, 1.82) is 0 Å². The molecule has 0 atom stereocenters. The van der Waals surface area contributed by atoms with Gasteiger partial charge in [0.2, 0.25) is 0 Å². The molecule has 2 aliphatic rings. The van der Waals surface area contributed by atoms with Crippen LogP contribution in [0.4, 0.5) is 0 Å². The van der Waals surface area contributed by atoms with Gasteiger partial charge in [-0.1, -0.05) is 47.0 Å². The van der Waals surface area contributed by atoms with E-state index in [2.05, 4.69) is 12.2 Å². The molecule has 1 aromatic carbocycles. The molecule has 0 N–H and O–H groups in total. The minimum absolute atomic E-state index is 0.249. The molecule has 1 amide bonds. The van der Waals surface area contributed by atoms with Crippen LogP contribution in [-0.4, -0.2) is 17.9 Å². The summed E-state index contributed by atoms with van der Waals surface area (Å²) in [4.78, 5) is 14.2. The average molecular weight is 378 g/mol. The second kappa shape index (κ2) is 7.81. The molecule has 25 heavy (non-hydrogen) atoms. The summed E-state index contributed by atoms with van der Waals surface area (Å²) in [6, 6.07) is 3.08. The van der Waals surface area contributed by atoms with Crippen LogP contribution in [0, 0.1) is 0 Å². The molecule has 1 heterocycles. The fourth-order valence-corrected chi connectivity index (χ4v) is 3.32. The zero-order valence-electron chi connectivity index (χ0n) is 13.7. The predicted molar refractivity (Wildman–Crippen MR) is 98.6 cm³/mol. The Labute approximate surface area is 156 Å². The van der Waals surface area contributed by atoms with Gasteiger partial charge in [-0.15, -0.1) is 0 Å². The molecule has 0 unspecified atom stereocenters. The third-order valence-electron chi connectivity index (χ3n) is 3.91. The van der Waals surface area contributed by atoms with Crippen LogP contribution in [0.15, 0.2) is 60.4 Å². The van der Waals surface area contributed by atoms with E-state index < -0.39 is 0 Å². The van der Waals surface area contributed by atoms with Crippen LogP contribution in [0.25, 0.3) is 0 Å². The molecule has 4 nitrogen and oxygen atoms in total. The van der Waals surface area contributed by atoms with Gasteiger partial charge in [-0.3, -0.25) is 9.69 Å². The van der Waals surface area contributed by atoms with Gasteiger partial charge in [0, 0.05) is 18.2 Å². The normalized spacial score (nSPS) is 16.2. The van der Waals surface area contributed by atoms with Crippen LogP contribution in [0.1, 0.15) is 29.6 Å². The second-order valence-corrected chi connectivity index (χ2v) is 6.47. The van der Waals surface area contributed by atoms with Crippen molar-refractivity contribution in [1.82, 2.24) is 4.90 Å². The van der Waals surface area contributed by atoms with Gasteiger partial charge in [0.1, 0.15) is 12.0 Å². The monoisotopic (exact) mass is 377 g/mol. The zero-order valence-corrected chi connectivity index (χ0v) is 15.2. The van der Waals surface area contributed by atoms with Gasteiger partial charge >= 0.3 is 0 Å². The molecule has 1 aliphatic heterocycles. The lowest BCUT2D eigenvalue weighted by Gasteiger charge is -2.21. The number of nitrogens with zero attached hydrogens (tertiary/aromatic N) is 1. The maximum absolute atomic E-state index is 12.7. The molecule has 3 rings (SSSR count). The zero-order chi connectivity index (χ0) is 17.8. The minimum atomic E-state index is -0.249. The first-order valence-electron chi connectivity index (χ1n) is 7.83. The highest BCUT2D eigenvalue weighted by Crippen LogP contribution is 2.34. The Hall–Kier alpha value is -2.17. The molecule has 1 aromatic rings. The number of ether oxygens (including phenoxy) is 2. The van der Waals surface area contributed by atoms with Crippen molar-refractivity contribution in [2.45, 2.75) is 19.3 Å². The third-order valence-corrected chi connectivity index (χ3v) is 4.47. The van der Waals surface area contributed by atoms with Crippen molar-refractivity contribution in [2.24, 2.45) is 0 Å². The molecule has 0 aromatic heterocycles. The summed E-state index contributed by atoms with van der Waals surface area (Å²) < 4.78 is 10.6. The lowest BCUT2D eigenvalue weighted by molar-refractivity contribution is 0.0854. The fraction of sp³-hybridized carbons (Fsp3) is 0.211. The Morgan fingerprint density at radius 1 is 1.32 bits per heavy atom. The average Bonchev–Trinajstić information content (AvgIpc) is 2.62. The van der Waals surface area contributed by atoms with Crippen LogP contribution in [0.3, 0.4) is 0 Å². The molecule has 0 fully saturated rings. The highest BCUT2D eigenvalue weighted by molar-refractivity contribution is 6.37. The van der Waals surface area contributed by atoms with E-state index in [4.69, 9.17) is 32.7 Å². The SMILES string of the molecule is COc1c(Cl)cc(C(=O)N2C=COC(CC3=CC=CCC3)=C2)cc1Cl. The number of carbonyl (C=O) groups excluding carboxylic acids is 1. The Morgan fingerprint density at radius 2 is 2.08 bits per heavy atom. The van der Waals surface area contributed by atoms with Crippen molar-refractivity contribution in [3.8, 4) is 5.75 Å². The smallest absolute Gasteiger partial charge is 0.262 e. The first-order chi connectivity index (χ1) is 12.1. The Morgan fingerprint density at radius 3 is 2.72 bits per heavy atom. The summed E-state index contributed by atoms with van der Waals surface area (Å²) in [6.45, 7) is 0. The van der Waals surface area contributed by atoms with Gasteiger partial charge in [0.25, 0.3) is 5.91 Å². The van der Waals surface area contributed by atoms with Crippen molar-refractivity contribution >= 4 is 29.1 Å². The number of hydrogen-bond acceptors (Lipinski definition) is 3. The standard InChI is InChI=1S/C19H17Cl2NO3/c1-24-18-16(20)10-14(11-17(18)21)19(23)22-7-8-25-15(12-22)9-13-5-3-2-4-6-13/h2-3,5,7-8,10-12H,4,6,9H2,1H3. The molecule has 1 aliphatic carbocycles. The highest BCUT2D eigenvalue weighted by atomic mass is 35.5. The molecule has 6 heteroatoms. The Kier molecular flexibility index (Phi) is 5.51. The van der Waals surface area contributed by atoms with Crippen LogP contribution in [0.2, 0.25) is 10.0 Å². The van der Waals surface area contributed by atoms with E-state index in [9.17, 15) is 4.79 Å². The van der Waals surface area contributed by atoms with Crippen molar-refractivity contribution in [3.63, 3.8) is 0 Å². The van der Waals surface area contributed by atoms with E-state index in [1.807, 2.05) is 6.08 Å². The minimum Gasteiger partial charge on any atom is -0.494 e. The van der Waals surface area contributed by atoms with Crippen molar-refractivity contribution < 1.29 is 14.3 Å². The van der Waals surface area contributed by atoms with Crippen LogP contribution >= 0.6 is 23.2 Å². The van der Waals surface area contributed by atoms with Gasteiger partial charge in [-0.2, -0.15) is 0 Å². The van der Waals surface area contributed by atoms with Crippen LogP contribution < -0.4 is 4.74 Å². The third kappa shape index (κ3) is 4.09. The summed E-state index contributed by atoms with van der Waals surface area (Å²) in [5.41, 5.74) is 1.64. The molecular formula is C19H17Cl2NO3. The summed E-state index contributed by atoms with van der Waals surface area (Å²) in [5.74, 6) is 0.815. The second-order valence-electron chi connectivity index (χ2n) is 5.65. The number of carbonyl (C=O) groups is 1. The topological polar surface area (TPSA) is 38.8 Å². The maximum atomic E-state index is 12.7. The van der Waals surface area contributed by atoms with Gasteiger partial charge < -0.3 is 9.47 Å². The molecule has 0 saturated carbocycles. The van der Waals surface area contributed by atoms with E-state index in [1.165, 1.54) is 23.8 Å². The largest absolute Gasteiger partial charge is 0.494 e. The quantitative estimate of drug-likeness (QED) is 0.699. The van der Waals surface area contributed by atoms with Crippen molar-refractivity contribution in [2.75, 3.05) is 7.11 Å². The number of rotatable bonds is 4. The van der Waals surface area contributed by atoms with Gasteiger partial charge in [0.15, 0.2) is 5.75 Å². The summed E-state index contributed by atoms with van der Waals surface area (Å²) >= 11 is 12.2. The number of amides is 1. The molecule has 0 spiro atoms. The molecular weight excluding hydrogens is 361 g/mol. The lowest BCUT2D eigenvalue weighted by atomic mass is 10.0. The number of halogens is 2. The highest BCUT2D eigenvalue weighted by Gasteiger charge is 2.19. The van der Waals surface area contributed by atoms with E-state index >= 15 is 0 Å². The number of allylic oxidation sites excluding steroid dienone is 4. The predicted octanol–water partition coefficient (Wildman–Crippen LogP) is 5.45. The molecule has 130 valence electrons. The molecule has 0 bridgehead atoms. The van der Waals surface area contributed by atoms with E-state index in [1.54, 1.807) is 24.5 Å². The number of hydrogen-bond donors (Lipinski definition) is 0. The van der Waals surface area contributed by atoms with Gasteiger partial charge in [-0.05, 0) is 25.0 Å². The molecule has 0 radical (unpaired) electrons. The van der Waals surface area contributed by atoms with Crippen molar-refractivity contribution in [3.05, 3.63) is 76.0 Å². The van der Waals surface area contributed by atoms with Crippen LogP contribution in [0.5, 0.6) is 5.75 Å². The fourth-order valence-electron chi connectivity index (χ4n) is 2.68. The Bertz CT molecular complexity index is 786.